The molecule has 2 amide bonds. The number of para-hydroxylation sites is 1. The van der Waals surface area contributed by atoms with Gasteiger partial charge in [-0.15, -0.1) is 0 Å². The van der Waals surface area contributed by atoms with E-state index in [4.69, 9.17) is 4.74 Å². The molecule has 37 heavy (non-hydrogen) atoms. The lowest BCUT2D eigenvalue weighted by molar-refractivity contribution is -0.384. The number of nitro groups is 1. The number of carbonyl (C=O) groups excluding carboxylic acids is 3. The number of hydrazine groups is 1. The molecule has 0 aliphatic carbocycles. The fourth-order valence-electron chi connectivity index (χ4n) is 3.38. The standard InChI is InChI=1S/C26H20N4O7/c1-36-23(31)16-37-22-10-6-5-9-19(22)15-21-26(33)29(24(27-21)17-7-3-2-4-8-17)28-25(32)18-11-13-20(14-12-18)30(34)35/h2-15H,16H2,1H3,(H,28,32)/b21-15+. The van der Waals surface area contributed by atoms with Gasteiger partial charge in [-0.1, -0.05) is 48.5 Å². The number of benzene rings is 3. The monoisotopic (exact) mass is 500 g/mol. The van der Waals surface area contributed by atoms with Gasteiger partial charge in [-0.3, -0.25) is 25.1 Å². The van der Waals surface area contributed by atoms with Crippen molar-refractivity contribution in [2.24, 2.45) is 4.99 Å². The minimum absolute atomic E-state index is 0.0111. The first-order valence-corrected chi connectivity index (χ1v) is 10.9. The fraction of sp³-hybridized carbons (Fsp3) is 0.0769. The van der Waals surface area contributed by atoms with Crippen molar-refractivity contribution in [1.82, 2.24) is 10.4 Å². The molecule has 0 bridgehead atoms. The molecule has 0 aromatic heterocycles. The van der Waals surface area contributed by atoms with Crippen LogP contribution in [0.4, 0.5) is 5.69 Å². The zero-order valence-corrected chi connectivity index (χ0v) is 19.5. The van der Waals surface area contributed by atoms with Crippen LogP contribution < -0.4 is 10.2 Å². The Morgan fingerprint density at radius 3 is 2.38 bits per heavy atom. The maximum atomic E-state index is 13.4. The molecule has 0 unspecified atom stereocenters. The van der Waals surface area contributed by atoms with Crippen LogP contribution in [-0.2, 0) is 14.3 Å². The summed E-state index contributed by atoms with van der Waals surface area (Å²) in [6, 6.07) is 20.5. The van der Waals surface area contributed by atoms with E-state index in [1.807, 2.05) is 0 Å². The number of aliphatic imine (C=N–C) groups is 1. The van der Waals surface area contributed by atoms with Crippen LogP contribution in [0.1, 0.15) is 21.5 Å². The number of hydrogen-bond acceptors (Lipinski definition) is 8. The second kappa shape index (κ2) is 11.0. The van der Waals surface area contributed by atoms with Crippen LogP contribution in [0.3, 0.4) is 0 Å². The summed E-state index contributed by atoms with van der Waals surface area (Å²) in [7, 11) is 1.25. The van der Waals surface area contributed by atoms with Gasteiger partial charge in [0.15, 0.2) is 12.4 Å². The molecule has 0 fully saturated rings. The molecule has 0 spiro atoms. The summed E-state index contributed by atoms with van der Waals surface area (Å²) < 4.78 is 10.1. The molecule has 4 rings (SSSR count). The summed E-state index contributed by atoms with van der Waals surface area (Å²) in [6.07, 6.45) is 1.48. The highest BCUT2D eigenvalue weighted by Gasteiger charge is 2.33. The number of nitrogens with one attached hydrogen (secondary N) is 1. The van der Waals surface area contributed by atoms with Crippen molar-refractivity contribution < 1.29 is 28.8 Å². The van der Waals surface area contributed by atoms with E-state index in [0.717, 1.165) is 5.01 Å². The van der Waals surface area contributed by atoms with Gasteiger partial charge in [0, 0.05) is 28.8 Å². The smallest absolute Gasteiger partial charge is 0.343 e. The zero-order chi connectivity index (χ0) is 26.4. The number of ether oxygens (including phenoxy) is 2. The number of carbonyl (C=O) groups is 3. The third kappa shape index (κ3) is 5.68. The van der Waals surface area contributed by atoms with Gasteiger partial charge in [0.2, 0.25) is 0 Å². The van der Waals surface area contributed by atoms with Crippen LogP contribution in [0.5, 0.6) is 5.75 Å². The summed E-state index contributed by atoms with van der Waals surface area (Å²) in [6.45, 7) is -0.319. The molecule has 3 aromatic rings. The molecule has 0 saturated heterocycles. The number of nitrogens with zero attached hydrogens (tertiary/aromatic N) is 3. The van der Waals surface area contributed by atoms with Crippen LogP contribution in [0, 0.1) is 10.1 Å². The van der Waals surface area contributed by atoms with E-state index in [9.17, 15) is 24.5 Å². The molecule has 1 N–H and O–H groups in total. The first-order chi connectivity index (χ1) is 17.9. The Morgan fingerprint density at radius 2 is 1.70 bits per heavy atom. The summed E-state index contributed by atoms with van der Waals surface area (Å²) >= 11 is 0. The number of methoxy groups -OCH3 is 1. The molecule has 0 atom stereocenters. The van der Waals surface area contributed by atoms with Crippen molar-refractivity contribution in [1.29, 1.82) is 0 Å². The highest BCUT2D eigenvalue weighted by atomic mass is 16.6. The van der Waals surface area contributed by atoms with Gasteiger partial charge in [-0.25, -0.2) is 9.79 Å². The van der Waals surface area contributed by atoms with Crippen molar-refractivity contribution in [2.75, 3.05) is 13.7 Å². The summed E-state index contributed by atoms with van der Waals surface area (Å²) in [5.41, 5.74) is 3.54. The Kier molecular flexibility index (Phi) is 7.34. The fourth-order valence-corrected chi connectivity index (χ4v) is 3.38. The first kappa shape index (κ1) is 24.8. The van der Waals surface area contributed by atoms with Gasteiger partial charge in [0.1, 0.15) is 11.4 Å². The summed E-state index contributed by atoms with van der Waals surface area (Å²) in [5.74, 6) is -1.33. The minimum atomic E-state index is -0.657. The third-order valence-electron chi connectivity index (χ3n) is 5.23. The molecule has 0 saturated carbocycles. The second-order valence-corrected chi connectivity index (χ2v) is 7.62. The molecule has 1 aliphatic rings. The second-order valence-electron chi connectivity index (χ2n) is 7.62. The van der Waals surface area contributed by atoms with E-state index < -0.39 is 22.7 Å². The van der Waals surface area contributed by atoms with Gasteiger partial charge < -0.3 is 9.47 Å². The van der Waals surface area contributed by atoms with Crippen molar-refractivity contribution in [3.63, 3.8) is 0 Å². The number of non-ortho nitro benzene ring substituents is 1. The number of amidine groups is 1. The quantitative estimate of drug-likeness (QED) is 0.217. The molecule has 3 aromatic carbocycles. The van der Waals surface area contributed by atoms with Crippen LogP contribution in [-0.4, -0.2) is 47.3 Å². The van der Waals surface area contributed by atoms with E-state index in [1.165, 1.54) is 37.5 Å². The molecule has 186 valence electrons. The van der Waals surface area contributed by atoms with Gasteiger partial charge in [-0.2, -0.15) is 5.01 Å². The maximum Gasteiger partial charge on any atom is 0.343 e. The van der Waals surface area contributed by atoms with Crippen LogP contribution in [0.15, 0.2) is 89.6 Å². The Labute approximate surface area is 210 Å². The topological polar surface area (TPSA) is 140 Å². The van der Waals surface area contributed by atoms with Crippen LogP contribution >= 0.6 is 0 Å². The van der Waals surface area contributed by atoms with E-state index in [1.54, 1.807) is 54.6 Å². The largest absolute Gasteiger partial charge is 0.481 e. The molecular formula is C26H20N4O7. The number of hydrogen-bond donors (Lipinski definition) is 1. The maximum absolute atomic E-state index is 13.4. The number of esters is 1. The molecule has 11 heteroatoms. The van der Waals surface area contributed by atoms with E-state index in [2.05, 4.69) is 15.2 Å². The third-order valence-corrected chi connectivity index (χ3v) is 5.23. The Bertz CT molecular complexity index is 1420. The number of nitro benzene ring substituents is 1. The SMILES string of the molecule is COC(=O)COc1ccccc1/C=C1/N=C(c2ccccc2)N(NC(=O)c2ccc([N+](=O)[O-])cc2)C1=O. The van der Waals surface area contributed by atoms with Crippen LogP contribution in [0.2, 0.25) is 0 Å². The molecule has 1 aliphatic heterocycles. The van der Waals surface area contributed by atoms with Gasteiger partial charge in [-0.05, 0) is 24.3 Å². The lowest BCUT2D eigenvalue weighted by Crippen LogP contribution is -2.47. The number of amides is 2. The Hall–Kier alpha value is -5.32. The van der Waals surface area contributed by atoms with Gasteiger partial charge in [0.25, 0.3) is 17.5 Å². The Morgan fingerprint density at radius 1 is 1.03 bits per heavy atom. The summed E-state index contributed by atoms with van der Waals surface area (Å²) in [4.78, 5) is 52.5. The van der Waals surface area contributed by atoms with Gasteiger partial charge >= 0.3 is 5.97 Å². The molecule has 0 radical (unpaired) electrons. The minimum Gasteiger partial charge on any atom is -0.481 e. The Balaban J connectivity index is 1.65. The lowest BCUT2D eigenvalue weighted by Gasteiger charge is -2.19. The molecular weight excluding hydrogens is 480 g/mol. The van der Waals surface area contributed by atoms with Gasteiger partial charge in [0.05, 0.1) is 12.0 Å². The van der Waals surface area contributed by atoms with Crippen LogP contribution in [0.25, 0.3) is 6.08 Å². The van der Waals surface area contributed by atoms with Crippen molar-refractivity contribution in [3.05, 3.63) is 111 Å². The highest BCUT2D eigenvalue weighted by molar-refractivity contribution is 6.20. The van der Waals surface area contributed by atoms with E-state index >= 15 is 0 Å². The normalized spacial score (nSPS) is 13.8. The van der Waals surface area contributed by atoms with Crippen molar-refractivity contribution in [3.8, 4) is 5.75 Å². The predicted octanol–water partition coefficient (Wildman–Crippen LogP) is 3.12. The molecule has 11 nitrogen and oxygen atoms in total. The average Bonchev–Trinajstić information content (AvgIpc) is 3.22. The highest BCUT2D eigenvalue weighted by Crippen LogP contribution is 2.26. The number of rotatable bonds is 8. The van der Waals surface area contributed by atoms with Crippen molar-refractivity contribution in [2.45, 2.75) is 0 Å². The summed E-state index contributed by atoms with van der Waals surface area (Å²) in [5, 5.41) is 11.9. The zero-order valence-electron chi connectivity index (χ0n) is 19.5. The van der Waals surface area contributed by atoms with E-state index in [0.29, 0.717) is 16.9 Å². The average molecular weight is 500 g/mol. The first-order valence-electron chi connectivity index (χ1n) is 10.9. The predicted molar refractivity (Wildman–Crippen MR) is 132 cm³/mol. The lowest BCUT2D eigenvalue weighted by atomic mass is 10.1. The van der Waals surface area contributed by atoms with E-state index in [-0.39, 0.29) is 29.4 Å². The molecule has 1 heterocycles. The van der Waals surface area contributed by atoms with Crippen molar-refractivity contribution >= 4 is 35.4 Å².